The molecule has 0 aromatic carbocycles. The molecule has 0 aliphatic carbocycles. The zero-order valence-corrected chi connectivity index (χ0v) is 11.9. The van der Waals surface area contributed by atoms with Gasteiger partial charge in [-0.25, -0.2) is 13.1 Å². The second-order valence-electron chi connectivity index (χ2n) is 3.39. The van der Waals surface area contributed by atoms with Crippen molar-refractivity contribution in [1.82, 2.24) is 10.0 Å². The van der Waals surface area contributed by atoms with Gasteiger partial charge in [-0.1, -0.05) is 6.08 Å². The average molecular weight is 280 g/mol. The van der Waals surface area contributed by atoms with E-state index in [1.807, 2.05) is 6.26 Å². The summed E-state index contributed by atoms with van der Waals surface area (Å²) < 4.78 is 25.3. The third kappa shape index (κ3) is 7.40. The van der Waals surface area contributed by atoms with Crippen molar-refractivity contribution in [2.45, 2.75) is 19.4 Å². The van der Waals surface area contributed by atoms with Crippen LogP contribution in [0.2, 0.25) is 0 Å². The second kappa shape index (κ2) is 8.54. The first-order valence-corrected chi connectivity index (χ1v) is 8.39. The van der Waals surface area contributed by atoms with Gasteiger partial charge in [0, 0.05) is 6.54 Å². The predicted molar refractivity (Wildman–Crippen MR) is 72.6 cm³/mol. The van der Waals surface area contributed by atoms with Crippen LogP contribution in [-0.2, 0) is 14.8 Å². The molecule has 0 aliphatic heterocycles. The molecule has 17 heavy (non-hydrogen) atoms. The third-order valence-corrected chi connectivity index (χ3v) is 4.10. The number of nitrogens with one attached hydrogen (secondary N) is 2. The molecule has 1 unspecified atom stereocenters. The van der Waals surface area contributed by atoms with Crippen molar-refractivity contribution in [3.63, 3.8) is 0 Å². The molecule has 0 heterocycles. The van der Waals surface area contributed by atoms with Gasteiger partial charge in [-0.2, -0.15) is 11.8 Å². The van der Waals surface area contributed by atoms with Gasteiger partial charge in [-0.3, -0.25) is 4.79 Å². The van der Waals surface area contributed by atoms with Gasteiger partial charge in [0.15, 0.2) is 0 Å². The van der Waals surface area contributed by atoms with Crippen LogP contribution >= 0.6 is 11.8 Å². The largest absolute Gasteiger partial charge is 0.351 e. The summed E-state index contributed by atoms with van der Waals surface area (Å²) in [4.78, 5) is 11.7. The van der Waals surface area contributed by atoms with E-state index in [-0.39, 0.29) is 11.7 Å². The van der Waals surface area contributed by atoms with E-state index in [1.165, 1.54) is 6.92 Å². The molecule has 0 rings (SSSR count). The second-order valence-corrected chi connectivity index (χ2v) is 6.42. The van der Waals surface area contributed by atoms with Gasteiger partial charge in [-0.15, -0.1) is 6.58 Å². The monoisotopic (exact) mass is 280 g/mol. The molecule has 0 radical (unpaired) electrons. The van der Waals surface area contributed by atoms with Crippen LogP contribution in [0, 0.1) is 0 Å². The van der Waals surface area contributed by atoms with Gasteiger partial charge in [0.2, 0.25) is 15.9 Å². The van der Waals surface area contributed by atoms with Crippen LogP contribution < -0.4 is 10.0 Å². The fourth-order valence-electron chi connectivity index (χ4n) is 1.08. The lowest BCUT2D eigenvalue weighted by atomic mass is 10.2. The lowest BCUT2D eigenvalue weighted by molar-refractivity contribution is -0.122. The zero-order chi connectivity index (χ0) is 13.3. The Balaban J connectivity index is 4.52. The highest BCUT2D eigenvalue weighted by atomic mass is 32.2. The van der Waals surface area contributed by atoms with E-state index in [0.29, 0.717) is 13.0 Å². The Labute approximate surface area is 107 Å². The summed E-state index contributed by atoms with van der Waals surface area (Å²) in [5.41, 5.74) is 0. The topological polar surface area (TPSA) is 75.3 Å². The summed E-state index contributed by atoms with van der Waals surface area (Å²) >= 11 is 1.57. The molecule has 7 heteroatoms. The Morgan fingerprint density at radius 2 is 2.18 bits per heavy atom. The van der Waals surface area contributed by atoms with Crippen molar-refractivity contribution in [2.24, 2.45) is 0 Å². The van der Waals surface area contributed by atoms with Crippen molar-refractivity contribution >= 4 is 27.7 Å². The van der Waals surface area contributed by atoms with Crippen LogP contribution in [0.4, 0.5) is 0 Å². The van der Waals surface area contributed by atoms with Crippen LogP contribution in [0.15, 0.2) is 12.7 Å². The quantitative estimate of drug-likeness (QED) is 0.598. The molecule has 0 saturated carbocycles. The normalized spacial score (nSPS) is 13.1. The maximum Gasteiger partial charge on any atom is 0.238 e. The molecule has 0 bridgehead atoms. The van der Waals surface area contributed by atoms with Gasteiger partial charge >= 0.3 is 0 Å². The van der Waals surface area contributed by atoms with Gasteiger partial charge in [-0.05, 0) is 25.4 Å². The summed E-state index contributed by atoms with van der Waals surface area (Å²) in [6.45, 7) is 5.36. The molecule has 0 aromatic heterocycles. The SMILES string of the molecule is C=CCNC(=O)C(CCSC)NS(=O)(=O)CC. The maximum absolute atomic E-state index is 11.7. The highest BCUT2D eigenvalue weighted by Crippen LogP contribution is 2.02. The van der Waals surface area contributed by atoms with E-state index < -0.39 is 16.1 Å². The van der Waals surface area contributed by atoms with E-state index in [2.05, 4.69) is 16.6 Å². The molecule has 2 N–H and O–H groups in total. The molecular weight excluding hydrogens is 260 g/mol. The van der Waals surface area contributed by atoms with Crippen LogP contribution in [-0.4, -0.2) is 44.7 Å². The smallest absolute Gasteiger partial charge is 0.238 e. The predicted octanol–water partition coefficient (Wildman–Crippen LogP) is 0.350. The molecule has 0 aromatic rings. The number of rotatable bonds is 9. The van der Waals surface area contributed by atoms with Gasteiger partial charge in [0.05, 0.1) is 5.75 Å². The summed E-state index contributed by atoms with van der Waals surface area (Å²) in [6.07, 6.45) is 3.94. The zero-order valence-electron chi connectivity index (χ0n) is 10.2. The minimum Gasteiger partial charge on any atom is -0.351 e. The fourth-order valence-corrected chi connectivity index (χ4v) is 2.37. The van der Waals surface area contributed by atoms with Crippen LogP contribution in [0.3, 0.4) is 0 Å². The van der Waals surface area contributed by atoms with Gasteiger partial charge in [0.25, 0.3) is 0 Å². The lowest BCUT2D eigenvalue weighted by Gasteiger charge is -2.17. The van der Waals surface area contributed by atoms with Crippen molar-refractivity contribution in [1.29, 1.82) is 0 Å². The Kier molecular flexibility index (Phi) is 8.28. The molecular formula is C10H20N2O3S2. The first kappa shape index (κ1) is 16.5. The van der Waals surface area contributed by atoms with Crippen molar-refractivity contribution < 1.29 is 13.2 Å². The van der Waals surface area contributed by atoms with Crippen LogP contribution in [0.1, 0.15) is 13.3 Å². The van der Waals surface area contributed by atoms with Crippen LogP contribution in [0.25, 0.3) is 0 Å². The molecule has 0 spiro atoms. The highest BCUT2D eigenvalue weighted by molar-refractivity contribution is 7.98. The molecule has 0 aliphatic rings. The summed E-state index contributed by atoms with van der Waals surface area (Å²) in [7, 11) is -3.37. The number of amides is 1. The van der Waals surface area contributed by atoms with E-state index in [0.717, 1.165) is 5.75 Å². The molecule has 0 saturated heterocycles. The minimum atomic E-state index is -3.37. The van der Waals surface area contributed by atoms with Gasteiger partial charge in [0.1, 0.15) is 6.04 Å². The number of hydrogen-bond donors (Lipinski definition) is 2. The number of thioether (sulfide) groups is 1. The number of sulfonamides is 1. The van der Waals surface area contributed by atoms with Crippen LogP contribution in [0.5, 0.6) is 0 Å². The number of carbonyl (C=O) groups excluding carboxylic acids is 1. The summed E-state index contributed by atoms with van der Waals surface area (Å²) in [5, 5.41) is 2.59. The van der Waals surface area contributed by atoms with Crippen molar-refractivity contribution in [2.75, 3.05) is 24.3 Å². The standard InChI is InChI=1S/C10H20N2O3S2/c1-4-7-11-10(13)9(6-8-16-3)12-17(14,15)5-2/h4,9,12H,1,5-8H2,2-3H3,(H,11,13). The minimum absolute atomic E-state index is 0.0303. The van der Waals surface area contributed by atoms with Crippen molar-refractivity contribution in [3.8, 4) is 0 Å². The summed E-state index contributed by atoms with van der Waals surface area (Å²) in [6, 6.07) is -0.702. The van der Waals surface area contributed by atoms with E-state index in [4.69, 9.17) is 0 Å². The fraction of sp³-hybridized carbons (Fsp3) is 0.700. The van der Waals surface area contributed by atoms with E-state index in [9.17, 15) is 13.2 Å². The van der Waals surface area contributed by atoms with Crippen molar-refractivity contribution in [3.05, 3.63) is 12.7 Å². The maximum atomic E-state index is 11.7. The molecule has 100 valence electrons. The molecule has 5 nitrogen and oxygen atoms in total. The molecule has 1 atom stereocenters. The number of hydrogen-bond acceptors (Lipinski definition) is 4. The first-order chi connectivity index (χ1) is 7.96. The van der Waals surface area contributed by atoms with E-state index >= 15 is 0 Å². The number of carbonyl (C=O) groups is 1. The molecule has 1 amide bonds. The highest BCUT2D eigenvalue weighted by Gasteiger charge is 2.22. The molecule has 0 fully saturated rings. The Bertz CT molecular complexity index is 341. The lowest BCUT2D eigenvalue weighted by Crippen LogP contribution is -2.47. The van der Waals surface area contributed by atoms with E-state index in [1.54, 1.807) is 17.8 Å². The first-order valence-electron chi connectivity index (χ1n) is 5.34. The Hall–Kier alpha value is -0.530. The Morgan fingerprint density at radius 3 is 2.65 bits per heavy atom. The average Bonchev–Trinajstić information content (AvgIpc) is 2.31. The third-order valence-electron chi connectivity index (χ3n) is 2.05. The summed E-state index contributed by atoms with van der Waals surface area (Å²) in [5.74, 6) is 0.381. The Morgan fingerprint density at radius 1 is 1.53 bits per heavy atom. The van der Waals surface area contributed by atoms with Gasteiger partial charge < -0.3 is 5.32 Å².